The summed E-state index contributed by atoms with van der Waals surface area (Å²) in [5.74, 6) is 1.56. The lowest BCUT2D eigenvalue weighted by Gasteiger charge is -2.11. The summed E-state index contributed by atoms with van der Waals surface area (Å²) >= 11 is 1.52. The van der Waals surface area contributed by atoms with Gasteiger partial charge < -0.3 is 10.6 Å². The minimum absolute atomic E-state index is 0.346. The molecule has 3 rings (SSSR count). The first-order chi connectivity index (χ1) is 9.20. The quantitative estimate of drug-likeness (QED) is 0.894. The Labute approximate surface area is 115 Å². The molecule has 2 aromatic heterocycles. The highest BCUT2D eigenvalue weighted by molar-refractivity contribution is 7.15. The van der Waals surface area contributed by atoms with Crippen LogP contribution in [0.5, 0.6) is 0 Å². The highest BCUT2D eigenvalue weighted by Gasteiger charge is 2.18. The summed E-state index contributed by atoms with van der Waals surface area (Å²) in [6.07, 6.45) is 2.33. The van der Waals surface area contributed by atoms with Crippen LogP contribution in [0.4, 0.5) is 10.9 Å². The average Bonchev–Trinajstić information content (AvgIpc) is 3.00. The molecule has 100 valence electrons. The van der Waals surface area contributed by atoms with Gasteiger partial charge in [0.2, 0.25) is 5.13 Å². The van der Waals surface area contributed by atoms with E-state index in [-0.39, 0.29) is 0 Å². The lowest BCUT2D eigenvalue weighted by molar-refractivity contribution is 0.623. The van der Waals surface area contributed by atoms with Gasteiger partial charge in [-0.3, -0.25) is 0 Å². The van der Waals surface area contributed by atoms with Crippen molar-refractivity contribution < 1.29 is 0 Å². The number of rotatable bonds is 3. The number of nitrogens with one attached hydrogen (secondary N) is 2. The van der Waals surface area contributed by atoms with Crippen molar-refractivity contribution >= 4 is 22.3 Å². The second kappa shape index (κ2) is 5.18. The van der Waals surface area contributed by atoms with Crippen LogP contribution < -0.4 is 10.6 Å². The molecule has 0 bridgehead atoms. The van der Waals surface area contributed by atoms with Crippen LogP contribution in [0.1, 0.15) is 35.4 Å². The van der Waals surface area contributed by atoms with Crippen molar-refractivity contribution in [3.05, 3.63) is 22.6 Å². The SMILES string of the molecule is Cc1nc(Nc2nnc(C)s2)cc([C@H]2CCCN2)n1. The molecule has 0 spiro atoms. The smallest absolute Gasteiger partial charge is 0.211 e. The molecule has 0 unspecified atom stereocenters. The maximum absolute atomic E-state index is 4.52. The van der Waals surface area contributed by atoms with Crippen molar-refractivity contribution in [2.75, 3.05) is 11.9 Å². The van der Waals surface area contributed by atoms with Crippen molar-refractivity contribution in [1.82, 2.24) is 25.5 Å². The number of aryl methyl sites for hydroxylation is 2. The van der Waals surface area contributed by atoms with Crippen LogP contribution in [0.3, 0.4) is 0 Å². The number of anilines is 2. The minimum Gasteiger partial charge on any atom is -0.315 e. The Bertz CT molecular complexity index is 575. The third kappa shape index (κ3) is 2.87. The first-order valence-corrected chi connectivity index (χ1v) is 7.18. The molecular formula is C12H16N6S. The standard InChI is InChI=1S/C12H16N6S/c1-7-14-10(9-4-3-5-13-9)6-11(15-7)16-12-18-17-8(2)19-12/h6,9,13H,3-5H2,1-2H3,(H,14,15,16,18)/t9-/m1/s1. The molecule has 1 atom stereocenters. The molecule has 2 aromatic rings. The number of hydrogen-bond donors (Lipinski definition) is 2. The number of nitrogens with zero attached hydrogens (tertiary/aromatic N) is 4. The van der Waals surface area contributed by atoms with Crippen LogP contribution in [-0.2, 0) is 0 Å². The van der Waals surface area contributed by atoms with E-state index in [9.17, 15) is 0 Å². The molecule has 1 saturated heterocycles. The van der Waals surface area contributed by atoms with E-state index in [1.165, 1.54) is 17.8 Å². The second-order valence-electron chi connectivity index (χ2n) is 4.63. The van der Waals surface area contributed by atoms with E-state index >= 15 is 0 Å². The third-order valence-corrected chi connectivity index (χ3v) is 3.79. The first kappa shape index (κ1) is 12.4. The van der Waals surface area contributed by atoms with Gasteiger partial charge in [-0.2, -0.15) is 0 Å². The largest absolute Gasteiger partial charge is 0.315 e. The van der Waals surface area contributed by atoms with Crippen molar-refractivity contribution in [2.45, 2.75) is 32.7 Å². The molecule has 7 heteroatoms. The molecule has 0 saturated carbocycles. The zero-order valence-corrected chi connectivity index (χ0v) is 11.8. The molecule has 0 amide bonds. The lowest BCUT2D eigenvalue weighted by atomic mass is 10.1. The topological polar surface area (TPSA) is 75.6 Å². The maximum atomic E-state index is 4.52. The Kier molecular flexibility index (Phi) is 3.39. The molecule has 0 aliphatic carbocycles. The fraction of sp³-hybridized carbons (Fsp3) is 0.500. The van der Waals surface area contributed by atoms with Crippen molar-refractivity contribution in [2.24, 2.45) is 0 Å². The fourth-order valence-corrected chi connectivity index (χ4v) is 2.83. The Morgan fingerprint density at radius 3 is 2.89 bits per heavy atom. The molecule has 1 aliphatic heterocycles. The van der Waals surface area contributed by atoms with Gasteiger partial charge in [0.15, 0.2) is 0 Å². The van der Waals surface area contributed by atoms with Gasteiger partial charge >= 0.3 is 0 Å². The van der Waals surface area contributed by atoms with Crippen LogP contribution in [0.2, 0.25) is 0 Å². The molecule has 0 radical (unpaired) electrons. The van der Waals surface area contributed by atoms with Gasteiger partial charge in [0, 0.05) is 12.1 Å². The summed E-state index contributed by atoms with van der Waals surface area (Å²) in [5.41, 5.74) is 1.05. The zero-order chi connectivity index (χ0) is 13.2. The summed E-state index contributed by atoms with van der Waals surface area (Å²) in [4.78, 5) is 8.92. The maximum Gasteiger partial charge on any atom is 0.211 e. The molecule has 2 N–H and O–H groups in total. The van der Waals surface area contributed by atoms with Crippen molar-refractivity contribution in [3.8, 4) is 0 Å². The molecule has 3 heterocycles. The Morgan fingerprint density at radius 2 is 2.21 bits per heavy atom. The minimum atomic E-state index is 0.346. The van der Waals surface area contributed by atoms with Crippen molar-refractivity contribution in [3.63, 3.8) is 0 Å². The molecule has 6 nitrogen and oxygen atoms in total. The second-order valence-corrected chi connectivity index (χ2v) is 5.81. The van der Waals surface area contributed by atoms with Gasteiger partial charge in [0.05, 0.1) is 5.69 Å². The predicted molar refractivity (Wildman–Crippen MR) is 74.7 cm³/mol. The summed E-state index contributed by atoms with van der Waals surface area (Å²) < 4.78 is 0. The number of aromatic nitrogens is 4. The van der Waals surface area contributed by atoms with Crippen LogP contribution >= 0.6 is 11.3 Å². The molecule has 1 aliphatic rings. The summed E-state index contributed by atoms with van der Waals surface area (Å²) in [5, 5.41) is 16.4. The zero-order valence-electron chi connectivity index (χ0n) is 11.0. The molecule has 0 aromatic carbocycles. The average molecular weight is 276 g/mol. The third-order valence-electron chi connectivity index (χ3n) is 3.04. The van der Waals surface area contributed by atoms with Gasteiger partial charge in [0.1, 0.15) is 16.6 Å². The monoisotopic (exact) mass is 276 g/mol. The van der Waals surface area contributed by atoms with E-state index in [1.54, 1.807) is 0 Å². The van der Waals surface area contributed by atoms with Gasteiger partial charge in [-0.15, -0.1) is 10.2 Å². The lowest BCUT2D eigenvalue weighted by Crippen LogP contribution is -2.15. The molecular weight excluding hydrogens is 260 g/mol. The Hall–Kier alpha value is -1.60. The van der Waals surface area contributed by atoms with Gasteiger partial charge in [-0.1, -0.05) is 11.3 Å². The van der Waals surface area contributed by atoms with Crippen LogP contribution in [0.25, 0.3) is 0 Å². The van der Waals surface area contributed by atoms with Crippen LogP contribution in [-0.4, -0.2) is 26.7 Å². The highest BCUT2D eigenvalue weighted by Crippen LogP contribution is 2.25. The Balaban J connectivity index is 1.84. The highest BCUT2D eigenvalue weighted by atomic mass is 32.1. The van der Waals surface area contributed by atoms with E-state index in [4.69, 9.17) is 0 Å². The predicted octanol–water partition coefficient (Wildman–Crippen LogP) is 2.11. The van der Waals surface area contributed by atoms with Gasteiger partial charge in [0.25, 0.3) is 0 Å². The van der Waals surface area contributed by atoms with E-state index in [2.05, 4.69) is 30.8 Å². The van der Waals surface area contributed by atoms with E-state index in [0.717, 1.165) is 40.4 Å². The summed E-state index contributed by atoms with van der Waals surface area (Å²) in [6, 6.07) is 2.34. The van der Waals surface area contributed by atoms with E-state index in [0.29, 0.717) is 6.04 Å². The number of hydrogen-bond acceptors (Lipinski definition) is 7. The van der Waals surface area contributed by atoms with Gasteiger partial charge in [-0.05, 0) is 33.2 Å². The van der Waals surface area contributed by atoms with Crippen LogP contribution in [0.15, 0.2) is 6.07 Å². The van der Waals surface area contributed by atoms with E-state index < -0.39 is 0 Å². The van der Waals surface area contributed by atoms with Crippen molar-refractivity contribution in [1.29, 1.82) is 0 Å². The van der Waals surface area contributed by atoms with E-state index in [1.807, 2.05) is 19.9 Å². The summed E-state index contributed by atoms with van der Waals surface area (Å²) in [6.45, 7) is 4.91. The van der Waals surface area contributed by atoms with Crippen LogP contribution in [0, 0.1) is 13.8 Å². The normalized spacial score (nSPS) is 18.7. The fourth-order valence-electron chi connectivity index (χ4n) is 2.23. The Morgan fingerprint density at radius 1 is 1.32 bits per heavy atom. The molecule has 1 fully saturated rings. The molecule has 19 heavy (non-hydrogen) atoms. The van der Waals surface area contributed by atoms with Gasteiger partial charge in [-0.25, -0.2) is 9.97 Å². The first-order valence-electron chi connectivity index (χ1n) is 6.37. The summed E-state index contributed by atoms with van der Waals surface area (Å²) in [7, 11) is 0.